The number of ether oxygens (including phenoxy) is 1. The predicted octanol–water partition coefficient (Wildman–Crippen LogP) is 20.4. The molecule has 0 saturated heterocycles. The van der Waals surface area contributed by atoms with Crippen molar-refractivity contribution < 1.29 is 9.53 Å². The molecular formula is C14H18Cl30O2. The Morgan fingerprint density at radius 3 is 0.391 bits per heavy atom. The van der Waals surface area contributed by atoms with Crippen LogP contribution in [0.1, 0.15) is 13.8 Å². The Morgan fingerprint density at radius 1 is 0.326 bits per heavy atom. The van der Waals surface area contributed by atoms with Gasteiger partial charge in [-0.05, 0) is 6.92 Å². The second-order valence-corrected chi connectivity index (χ2v) is 23.2. The van der Waals surface area contributed by atoms with Gasteiger partial charge in [-0.25, -0.2) is 0 Å². The van der Waals surface area contributed by atoms with Crippen LogP contribution in [0.5, 0.6) is 0 Å². The third kappa shape index (κ3) is 1090. The molecule has 0 atom stereocenters. The predicted molar refractivity (Wildman–Crippen MR) is 236 cm³/mol. The summed E-state index contributed by atoms with van der Waals surface area (Å²) in [5.41, 5.74) is 0. The smallest absolute Gasteiger partial charge is 0.302 e. The van der Waals surface area contributed by atoms with E-state index < -0.39 is 43.0 Å². The van der Waals surface area contributed by atoms with Crippen LogP contribution >= 0.6 is 348 Å². The quantitative estimate of drug-likeness (QED) is 0.193. The number of carbonyl (C=O) groups excluding carboxylic acids is 1. The number of carbonyl (C=O) groups is 1. The average Bonchev–Trinajstić information content (AvgIpc) is 2.63. The summed E-state index contributed by atoms with van der Waals surface area (Å²) in [6.07, 6.45) is 0. The van der Waals surface area contributed by atoms with Crippen molar-refractivity contribution in [1.82, 2.24) is 0 Å². The Bertz CT molecular complexity index is 299. The minimum Gasteiger partial charge on any atom is -0.466 e. The molecule has 0 aromatic heterocycles. The molecule has 46 heavy (non-hydrogen) atoms. The van der Waals surface area contributed by atoms with Gasteiger partial charge in [-0.2, -0.15) is 0 Å². The molecule has 0 fully saturated rings. The average molecular weight is 1280 g/mol. The molecule has 32 heteroatoms. The van der Waals surface area contributed by atoms with Gasteiger partial charge in [-0.1, -0.05) is 348 Å². The van der Waals surface area contributed by atoms with E-state index in [1.165, 1.54) is 6.92 Å². The van der Waals surface area contributed by atoms with Crippen molar-refractivity contribution in [3.63, 3.8) is 0 Å². The van der Waals surface area contributed by atoms with Gasteiger partial charge in [0.1, 0.15) is 0 Å². The lowest BCUT2D eigenvalue weighted by Gasteiger charge is -1.89. The fourth-order valence-corrected chi connectivity index (χ4v) is 0.203. The van der Waals surface area contributed by atoms with Crippen LogP contribution in [0.2, 0.25) is 0 Å². The van der Waals surface area contributed by atoms with E-state index in [4.69, 9.17) is 348 Å². The fraction of sp³-hybridized carbons (Fsp3) is 0.929. The number of alkyl halides is 30. The van der Waals surface area contributed by atoms with E-state index in [1.54, 1.807) is 6.92 Å². The number of hydrogen-bond donors (Lipinski definition) is 0. The van der Waals surface area contributed by atoms with Gasteiger partial charge >= 0.3 is 5.97 Å². The van der Waals surface area contributed by atoms with Gasteiger partial charge in [0.2, 0.25) is 0 Å². The van der Waals surface area contributed by atoms with Gasteiger partial charge in [0.15, 0.2) is 43.0 Å². The first kappa shape index (κ1) is 82.2. The number of esters is 1. The topological polar surface area (TPSA) is 26.3 Å². The molecule has 0 aliphatic rings. The van der Waals surface area contributed by atoms with Crippen molar-refractivity contribution in [2.45, 2.75) is 56.8 Å². The molecule has 0 aromatic carbocycles. The monoisotopic (exact) mass is 1270 g/mol. The van der Waals surface area contributed by atoms with Crippen LogP contribution in [0.4, 0.5) is 0 Å². The molecule has 0 radical (unpaired) electrons. The molecule has 0 bridgehead atoms. The second-order valence-electron chi connectivity index (χ2n) is 3.40. The Balaban J connectivity index is -0.0000000326. The van der Waals surface area contributed by atoms with Crippen molar-refractivity contribution in [2.24, 2.45) is 0 Å². The minimum absolute atomic E-state index is 0.211. The maximum Gasteiger partial charge on any atom is 0.302 e. The van der Waals surface area contributed by atoms with Crippen molar-refractivity contribution in [3.05, 3.63) is 0 Å². The molecule has 0 saturated carbocycles. The molecule has 296 valence electrons. The van der Waals surface area contributed by atoms with E-state index in [0.717, 1.165) is 0 Å². The summed E-state index contributed by atoms with van der Waals surface area (Å²) in [6.45, 7) is 3.65. The molecule has 0 aromatic rings. The molecule has 0 spiro atoms. The van der Waals surface area contributed by atoms with Gasteiger partial charge in [0.05, 0.1) is 6.61 Å². The standard InChI is InChI=1S/C4H8O2.10CHCl3/c1-3-6-4(2)5;10*2-1(3)4/h3H2,1-2H3;10*1H. The largest absolute Gasteiger partial charge is 0.466 e. The number of rotatable bonds is 1. The lowest BCUT2D eigenvalue weighted by Crippen LogP contribution is -1.95. The fourth-order valence-electron chi connectivity index (χ4n) is 0.203. The van der Waals surface area contributed by atoms with Crippen LogP contribution in [0, 0.1) is 0 Å². The van der Waals surface area contributed by atoms with Crippen molar-refractivity contribution in [2.75, 3.05) is 6.61 Å². The van der Waals surface area contributed by atoms with E-state index in [1.807, 2.05) is 0 Å². The summed E-state index contributed by atoms with van der Waals surface area (Å²) in [5.74, 6) is -0.211. The summed E-state index contributed by atoms with van der Waals surface area (Å²) in [6, 6.07) is 0. The molecule has 2 nitrogen and oxygen atoms in total. The summed E-state index contributed by atoms with van der Waals surface area (Å²) >= 11 is 144. The highest BCUT2D eigenvalue weighted by molar-refractivity contribution is 6.66. The van der Waals surface area contributed by atoms with E-state index >= 15 is 0 Å². The molecular weight excluding hydrogens is 1260 g/mol. The Kier molecular flexibility index (Phi) is 139. The van der Waals surface area contributed by atoms with E-state index in [-0.39, 0.29) is 5.97 Å². The van der Waals surface area contributed by atoms with Crippen LogP contribution in [0.3, 0.4) is 0 Å². The molecule has 0 rings (SSSR count). The highest BCUT2D eigenvalue weighted by atomic mass is 35.6. The van der Waals surface area contributed by atoms with Gasteiger partial charge < -0.3 is 4.74 Å². The van der Waals surface area contributed by atoms with Crippen LogP contribution in [0.25, 0.3) is 0 Å². The normalized spacial score (nSPS) is 8.83. The zero-order valence-corrected chi connectivity index (χ0v) is 43.8. The molecule has 0 amide bonds. The van der Waals surface area contributed by atoms with E-state index in [2.05, 4.69) is 4.74 Å². The van der Waals surface area contributed by atoms with Crippen molar-refractivity contribution in [1.29, 1.82) is 0 Å². The third-order valence-corrected chi connectivity index (χ3v) is 0.348. The molecule has 0 heterocycles. The molecule has 0 unspecified atom stereocenters. The maximum atomic E-state index is 9.82. The van der Waals surface area contributed by atoms with Gasteiger partial charge in [0.25, 0.3) is 0 Å². The van der Waals surface area contributed by atoms with Gasteiger partial charge in [-0.3, -0.25) is 4.79 Å². The highest BCUT2D eigenvalue weighted by Crippen LogP contribution is 2.07. The van der Waals surface area contributed by atoms with Gasteiger partial charge in [-0.15, -0.1) is 0 Å². The van der Waals surface area contributed by atoms with Crippen molar-refractivity contribution >= 4 is 354 Å². The zero-order chi connectivity index (χ0) is 40.8. The lowest BCUT2D eigenvalue weighted by atomic mass is 10.8. The summed E-state index contributed by atoms with van der Waals surface area (Å²) in [4.78, 5) is 9.82. The van der Waals surface area contributed by atoms with Crippen LogP contribution in [-0.4, -0.2) is 55.5 Å². The lowest BCUT2D eigenvalue weighted by molar-refractivity contribution is -0.140. The highest BCUT2D eigenvalue weighted by Gasteiger charge is 1.83. The van der Waals surface area contributed by atoms with Crippen LogP contribution < -0.4 is 0 Å². The van der Waals surface area contributed by atoms with Crippen molar-refractivity contribution in [3.8, 4) is 0 Å². The second kappa shape index (κ2) is 77.7. The summed E-state index contributed by atoms with van der Waals surface area (Å²) < 4.78 is -3.10. The summed E-state index contributed by atoms with van der Waals surface area (Å²) in [5, 5.41) is 0. The van der Waals surface area contributed by atoms with E-state index in [0.29, 0.717) is 6.61 Å². The van der Waals surface area contributed by atoms with Crippen LogP contribution in [0.15, 0.2) is 0 Å². The Labute approximate surface area is 420 Å². The minimum atomic E-state index is -0.750. The molecule has 0 aliphatic carbocycles. The maximum absolute atomic E-state index is 9.82. The first-order chi connectivity index (χ1) is 20.1. The molecule has 0 N–H and O–H groups in total. The number of halogens is 30. The van der Waals surface area contributed by atoms with E-state index in [9.17, 15) is 4.79 Å². The van der Waals surface area contributed by atoms with Gasteiger partial charge in [0, 0.05) is 6.92 Å². The molecule has 0 aliphatic heterocycles. The first-order valence-electron chi connectivity index (χ1n) is 8.45. The van der Waals surface area contributed by atoms with Crippen LogP contribution in [-0.2, 0) is 9.53 Å². The zero-order valence-electron chi connectivity index (χ0n) is 21.1. The first-order valence-corrected chi connectivity index (χ1v) is 21.5. The number of hydrogen-bond acceptors (Lipinski definition) is 2. The SMILES string of the molecule is CCOC(C)=O.ClC(Cl)Cl.ClC(Cl)Cl.ClC(Cl)Cl.ClC(Cl)Cl.ClC(Cl)Cl.ClC(Cl)Cl.ClC(Cl)Cl.ClC(Cl)Cl.ClC(Cl)Cl.ClC(Cl)Cl. The third-order valence-electron chi connectivity index (χ3n) is 0.348. The Morgan fingerprint density at radius 2 is 0.391 bits per heavy atom. The Hall–Kier alpha value is 8.17. The summed E-state index contributed by atoms with van der Waals surface area (Å²) in [7, 11) is 0.